The third kappa shape index (κ3) is 2.58. The number of nitrogens with one attached hydrogen (secondary N) is 1. The van der Waals surface area contributed by atoms with Crippen molar-refractivity contribution in [1.29, 1.82) is 0 Å². The van der Waals surface area contributed by atoms with Crippen LogP contribution in [0.2, 0.25) is 0 Å². The summed E-state index contributed by atoms with van der Waals surface area (Å²) in [5.74, 6) is -3.02. The van der Waals surface area contributed by atoms with E-state index in [2.05, 4.69) is 10.3 Å². The Morgan fingerprint density at radius 2 is 1.95 bits per heavy atom. The van der Waals surface area contributed by atoms with E-state index in [1.54, 1.807) is 37.5 Å². The maximum atomic E-state index is 13.0. The molecule has 1 aromatic rings. The summed E-state index contributed by atoms with van der Waals surface area (Å²) in [6, 6.07) is 1.57. The average molecular weight is 307 g/mol. The number of hydrogen-bond donors (Lipinski definition) is 1. The molecule has 1 N–H and O–H groups in total. The number of nitrogens with zero attached hydrogens (tertiary/aromatic N) is 2. The number of hydrogen-bond acceptors (Lipinski definition) is 3. The highest BCUT2D eigenvalue weighted by molar-refractivity contribution is 6.09. The standard InChI is InChI=1S/C15H15F2N3O2/c1-9-13(21)12(6-10-2-4-18-5-3-10)19-14(22)20(9)11-7-15(16,17)8-11/h2-6,9,11H,7-8H2,1H3,(H,19,22)/b12-6-/t9-/m0/s1. The Kier molecular flexibility index (Phi) is 3.42. The maximum Gasteiger partial charge on any atom is 0.322 e. The van der Waals surface area contributed by atoms with Crippen LogP contribution < -0.4 is 5.32 Å². The second kappa shape index (κ2) is 5.15. The second-order valence-electron chi connectivity index (χ2n) is 5.63. The fourth-order valence-corrected chi connectivity index (χ4v) is 2.81. The molecule has 1 aliphatic carbocycles. The Balaban J connectivity index is 1.79. The summed E-state index contributed by atoms with van der Waals surface area (Å²) in [5.41, 5.74) is 0.903. The first-order chi connectivity index (χ1) is 10.4. The van der Waals surface area contributed by atoms with Crippen LogP contribution in [0.1, 0.15) is 25.3 Å². The number of ketones is 1. The van der Waals surface area contributed by atoms with E-state index in [4.69, 9.17) is 0 Å². The number of amides is 2. The number of urea groups is 1. The van der Waals surface area contributed by atoms with Gasteiger partial charge in [0.25, 0.3) is 5.92 Å². The minimum absolute atomic E-state index is 0.172. The van der Waals surface area contributed by atoms with Crippen LogP contribution in [0.25, 0.3) is 6.08 Å². The third-order valence-corrected chi connectivity index (χ3v) is 4.02. The molecule has 0 bridgehead atoms. The van der Waals surface area contributed by atoms with Crippen molar-refractivity contribution < 1.29 is 18.4 Å². The van der Waals surface area contributed by atoms with E-state index in [1.807, 2.05) is 0 Å². The van der Waals surface area contributed by atoms with Crippen LogP contribution in [0.3, 0.4) is 0 Å². The summed E-state index contributed by atoms with van der Waals surface area (Å²) in [7, 11) is 0. The molecule has 0 unspecified atom stereocenters. The molecule has 116 valence electrons. The molecule has 0 radical (unpaired) electrons. The molecular weight excluding hydrogens is 292 g/mol. The predicted octanol–water partition coefficient (Wildman–Crippen LogP) is 2.20. The molecular formula is C15H15F2N3O2. The van der Waals surface area contributed by atoms with Gasteiger partial charge in [-0.05, 0) is 30.7 Å². The number of aromatic nitrogens is 1. The van der Waals surface area contributed by atoms with Gasteiger partial charge in [-0.3, -0.25) is 9.78 Å². The summed E-state index contributed by atoms with van der Waals surface area (Å²) < 4.78 is 26.0. The van der Waals surface area contributed by atoms with Gasteiger partial charge in [-0.2, -0.15) is 0 Å². The fraction of sp³-hybridized carbons (Fsp3) is 0.400. The average Bonchev–Trinajstić information content (AvgIpc) is 2.44. The highest BCUT2D eigenvalue weighted by Gasteiger charge is 2.52. The van der Waals surface area contributed by atoms with Crippen molar-refractivity contribution in [3.05, 3.63) is 35.8 Å². The van der Waals surface area contributed by atoms with Gasteiger partial charge in [-0.1, -0.05) is 0 Å². The van der Waals surface area contributed by atoms with Crippen LogP contribution in [-0.4, -0.2) is 39.7 Å². The van der Waals surface area contributed by atoms with E-state index < -0.39 is 24.0 Å². The number of carbonyl (C=O) groups is 2. The number of Topliss-reactive ketones (excluding diaryl/α,β-unsaturated/α-hetero) is 1. The Labute approximate surface area is 126 Å². The van der Waals surface area contributed by atoms with Crippen molar-refractivity contribution in [1.82, 2.24) is 15.2 Å². The van der Waals surface area contributed by atoms with Gasteiger partial charge >= 0.3 is 6.03 Å². The van der Waals surface area contributed by atoms with Crippen molar-refractivity contribution >= 4 is 17.9 Å². The molecule has 1 aromatic heterocycles. The first kappa shape index (κ1) is 14.6. The van der Waals surface area contributed by atoms with E-state index in [1.165, 1.54) is 4.90 Å². The summed E-state index contributed by atoms with van der Waals surface area (Å²) in [6.07, 6.45) is 3.94. The summed E-state index contributed by atoms with van der Waals surface area (Å²) >= 11 is 0. The van der Waals surface area contributed by atoms with Crippen molar-refractivity contribution in [3.63, 3.8) is 0 Å². The summed E-state index contributed by atoms with van der Waals surface area (Å²) in [6.45, 7) is 1.57. The van der Waals surface area contributed by atoms with Crippen LogP contribution in [0, 0.1) is 0 Å². The molecule has 0 spiro atoms. The normalized spacial score (nSPS) is 26.8. The van der Waals surface area contributed by atoms with Gasteiger partial charge in [-0.15, -0.1) is 0 Å². The molecule has 5 nitrogen and oxygen atoms in total. The van der Waals surface area contributed by atoms with E-state index in [-0.39, 0.29) is 24.3 Å². The SMILES string of the molecule is C[C@H]1C(=O)/C(=C/c2ccncc2)NC(=O)N1C1CC(F)(F)C1. The lowest BCUT2D eigenvalue weighted by molar-refractivity contribution is -0.136. The monoisotopic (exact) mass is 307 g/mol. The van der Waals surface area contributed by atoms with Gasteiger partial charge < -0.3 is 10.2 Å². The molecule has 1 saturated heterocycles. The Bertz CT molecular complexity index is 637. The maximum absolute atomic E-state index is 13.0. The van der Waals surface area contributed by atoms with Crippen molar-refractivity contribution in [2.45, 2.75) is 37.8 Å². The number of alkyl halides is 2. The molecule has 0 aromatic carbocycles. The van der Waals surface area contributed by atoms with Gasteiger partial charge in [0.1, 0.15) is 0 Å². The van der Waals surface area contributed by atoms with Crippen molar-refractivity contribution in [2.75, 3.05) is 0 Å². The molecule has 7 heteroatoms. The zero-order chi connectivity index (χ0) is 15.9. The van der Waals surface area contributed by atoms with Gasteiger partial charge in [0.15, 0.2) is 0 Å². The van der Waals surface area contributed by atoms with Gasteiger partial charge in [-0.25, -0.2) is 13.6 Å². The molecule has 2 fully saturated rings. The minimum Gasteiger partial charge on any atom is -0.311 e. The Morgan fingerprint density at radius 1 is 1.32 bits per heavy atom. The number of carbonyl (C=O) groups excluding carboxylic acids is 2. The van der Waals surface area contributed by atoms with Gasteiger partial charge in [0, 0.05) is 31.3 Å². The van der Waals surface area contributed by atoms with E-state index in [0.717, 1.165) is 5.56 Å². The van der Waals surface area contributed by atoms with Crippen LogP contribution in [0.5, 0.6) is 0 Å². The number of halogens is 2. The van der Waals surface area contributed by atoms with Gasteiger partial charge in [0.2, 0.25) is 5.78 Å². The summed E-state index contributed by atoms with van der Waals surface area (Å²) in [5, 5.41) is 2.50. The second-order valence-corrected chi connectivity index (χ2v) is 5.63. The lowest BCUT2D eigenvalue weighted by atomic mass is 9.85. The zero-order valence-corrected chi connectivity index (χ0v) is 11.9. The quantitative estimate of drug-likeness (QED) is 0.852. The topological polar surface area (TPSA) is 62.3 Å². The molecule has 2 heterocycles. The van der Waals surface area contributed by atoms with Crippen LogP contribution in [0.4, 0.5) is 13.6 Å². The molecule has 2 amide bonds. The Hall–Kier alpha value is -2.31. The van der Waals surface area contributed by atoms with Crippen molar-refractivity contribution in [3.8, 4) is 0 Å². The van der Waals surface area contributed by atoms with Crippen LogP contribution >= 0.6 is 0 Å². The van der Waals surface area contributed by atoms with E-state index in [9.17, 15) is 18.4 Å². The molecule has 1 aliphatic heterocycles. The molecule has 1 saturated carbocycles. The number of pyridine rings is 1. The van der Waals surface area contributed by atoms with E-state index in [0.29, 0.717) is 0 Å². The van der Waals surface area contributed by atoms with E-state index >= 15 is 0 Å². The molecule has 3 rings (SSSR count). The molecule has 2 aliphatic rings. The molecule has 1 atom stereocenters. The number of rotatable bonds is 2. The smallest absolute Gasteiger partial charge is 0.311 e. The highest BCUT2D eigenvalue weighted by atomic mass is 19.3. The predicted molar refractivity (Wildman–Crippen MR) is 75.0 cm³/mol. The first-order valence-corrected chi connectivity index (χ1v) is 7.00. The minimum atomic E-state index is -2.74. The van der Waals surface area contributed by atoms with Crippen molar-refractivity contribution in [2.24, 2.45) is 0 Å². The first-order valence-electron chi connectivity index (χ1n) is 7.00. The largest absolute Gasteiger partial charge is 0.322 e. The third-order valence-electron chi connectivity index (χ3n) is 4.02. The lowest BCUT2D eigenvalue weighted by Gasteiger charge is -2.46. The van der Waals surface area contributed by atoms with Crippen LogP contribution in [0.15, 0.2) is 30.2 Å². The fourth-order valence-electron chi connectivity index (χ4n) is 2.81. The molecule has 22 heavy (non-hydrogen) atoms. The Morgan fingerprint density at radius 3 is 2.55 bits per heavy atom. The zero-order valence-electron chi connectivity index (χ0n) is 11.9. The lowest BCUT2D eigenvalue weighted by Crippen LogP contribution is -2.63. The highest BCUT2D eigenvalue weighted by Crippen LogP contribution is 2.41. The summed E-state index contributed by atoms with van der Waals surface area (Å²) in [4.78, 5) is 29.6. The van der Waals surface area contributed by atoms with Crippen LogP contribution in [-0.2, 0) is 4.79 Å². The van der Waals surface area contributed by atoms with Gasteiger partial charge in [0.05, 0.1) is 11.7 Å².